The van der Waals surface area contributed by atoms with Crippen molar-refractivity contribution in [2.45, 2.75) is 25.8 Å². The van der Waals surface area contributed by atoms with Crippen molar-refractivity contribution in [1.29, 1.82) is 0 Å². The highest BCUT2D eigenvalue weighted by molar-refractivity contribution is 5.99. The van der Waals surface area contributed by atoms with Gasteiger partial charge in [-0.3, -0.25) is 4.79 Å². The first kappa shape index (κ1) is 15.3. The van der Waals surface area contributed by atoms with Crippen LogP contribution in [0.2, 0.25) is 0 Å². The fraction of sp³-hybridized carbons (Fsp3) is 0.500. The van der Waals surface area contributed by atoms with Crippen LogP contribution in [-0.4, -0.2) is 32.8 Å². The number of ether oxygens (including phenoxy) is 2. The van der Waals surface area contributed by atoms with Crippen molar-refractivity contribution in [2.24, 2.45) is 0 Å². The molecule has 1 aromatic rings. The second-order valence-corrected chi connectivity index (χ2v) is 4.37. The van der Waals surface area contributed by atoms with Crippen molar-refractivity contribution < 1.29 is 14.3 Å². The SMILES string of the molecule is CCCC(COC)NC(=O)c1cc(OC)ccc1N. The molecule has 0 aromatic heterocycles. The summed E-state index contributed by atoms with van der Waals surface area (Å²) in [5, 5.41) is 2.93. The number of nitrogens with one attached hydrogen (secondary N) is 1. The van der Waals surface area contributed by atoms with Crippen molar-refractivity contribution in [3.05, 3.63) is 23.8 Å². The monoisotopic (exact) mass is 266 g/mol. The van der Waals surface area contributed by atoms with Gasteiger partial charge in [0.05, 0.1) is 25.3 Å². The highest BCUT2D eigenvalue weighted by atomic mass is 16.5. The number of hydrogen-bond donors (Lipinski definition) is 2. The van der Waals surface area contributed by atoms with Crippen LogP contribution in [0, 0.1) is 0 Å². The standard InChI is InChI=1S/C14H22N2O3/c1-4-5-10(9-18-2)16-14(17)12-8-11(19-3)6-7-13(12)15/h6-8,10H,4-5,9,15H2,1-3H3,(H,16,17). The minimum Gasteiger partial charge on any atom is -0.497 e. The Kier molecular flexibility index (Phi) is 6.15. The van der Waals surface area contributed by atoms with Gasteiger partial charge in [0.15, 0.2) is 0 Å². The van der Waals surface area contributed by atoms with Crippen molar-refractivity contribution in [2.75, 3.05) is 26.6 Å². The van der Waals surface area contributed by atoms with Gasteiger partial charge in [-0.25, -0.2) is 0 Å². The van der Waals surface area contributed by atoms with Crippen molar-refractivity contribution in [3.8, 4) is 5.75 Å². The third kappa shape index (κ3) is 4.44. The molecule has 0 bridgehead atoms. The molecular formula is C14H22N2O3. The number of hydrogen-bond acceptors (Lipinski definition) is 4. The van der Waals surface area contributed by atoms with Crippen LogP contribution in [0.25, 0.3) is 0 Å². The molecule has 0 aliphatic heterocycles. The van der Waals surface area contributed by atoms with Crippen LogP contribution in [-0.2, 0) is 4.74 Å². The first-order valence-electron chi connectivity index (χ1n) is 6.35. The Morgan fingerprint density at radius 3 is 2.74 bits per heavy atom. The summed E-state index contributed by atoms with van der Waals surface area (Å²) in [7, 11) is 3.17. The molecule has 0 radical (unpaired) electrons. The summed E-state index contributed by atoms with van der Waals surface area (Å²) in [6.07, 6.45) is 1.84. The molecule has 1 aromatic carbocycles. The van der Waals surface area contributed by atoms with Gasteiger partial charge < -0.3 is 20.5 Å². The summed E-state index contributed by atoms with van der Waals surface area (Å²) in [5.41, 5.74) is 6.68. The number of methoxy groups -OCH3 is 2. The van der Waals surface area contributed by atoms with E-state index in [1.165, 1.54) is 0 Å². The summed E-state index contributed by atoms with van der Waals surface area (Å²) in [6.45, 7) is 2.55. The molecule has 106 valence electrons. The van der Waals surface area contributed by atoms with E-state index in [0.717, 1.165) is 12.8 Å². The van der Waals surface area contributed by atoms with E-state index >= 15 is 0 Å². The van der Waals surface area contributed by atoms with Gasteiger partial charge in [-0.05, 0) is 24.6 Å². The van der Waals surface area contributed by atoms with Gasteiger partial charge in [0, 0.05) is 12.8 Å². The smallest absolute Gasteiger partial charge is 0.253 e. The molecule has 0 saturated heterocycles. The van der Waals surface area contributed by atoms with E-state index < -0.39 is 0 Å². The molecule has 1 amide bonds. The molecular weight excluding hydrogens is 244 g/mol. The second-order valence-electron chi connectivity index (χ2n) is 4.37. The maximum absolute atomic E-state index is 12.2. The lowest BCUT2D eigenvalue weighted by Gasteiger charge is -2.18. The lowest BCUT2D eigenvalue weighted by Crippen LogP contribution is -2.38. The number of carbonyl (C=O) groups excluding carboxylic acids is 1. The summed E-state index contributed by atoms with van der Waals surface area (Å²) in [6, 6.07) is 5.03. The Morgan fingerprint density at radius 2 is 2.16 bits per heavy atom. The highest BCUT2D eigenvalue weighted by Gasteiger charge is 2.15. The van der Waals surface area contributed by atoms with Crippen LogP contribution in [0.1, 0.15) is 30.1 Å². The first-order valence-corrected chi connectivity index (χ1v) is 6.35. The second kappa shape index (κ2) is 7.63. The predicted octanol–water partition coefficient (Wildman–Crippen LogP) is 1.82. The van der Waals surface area contributed by atoms with Crippen molar-refractivity contribution in [3.63, 3.8) is 0 Å². The summed E-state index contributed by atoms with van der Waals surface area (Å²) in [4.78, 5) is 12.2. The Bertz CT molecular complexity index is 415. The predicted molar refractivity (Wildman–Crippen MR) is 75.4 cm³/mol. The van der Waals surface area contributed by atoms with E-state index in [1.807, 2.05) is 0 Å². The molecule has 1 rings (SSSR count). The van der Waals surface area contributed by atoms with Gasteiger partial charge in [-0.1, -0.05) is 13.3 Å². The minimum absolute atomic E-state index is 0.00639. The lowest BCUT2D eigenvalue weighted by atomic mass is 10.1. The van der Waals surface area contributed by atoms with Crippen LogP contribution < -0.4 is 15.8 Å². The van der Waals surface area contributed by atoms with Crippen molar-refractivity contribution >= 4 is 11.6 Å². The maximum Gasteiger partial charge on any atom is 0.253 e. The number of nitrogens with two attached hydrogens (primary N) is 1. The third-order valence-electron chi connectivity index (χ3n) is 2.85. The summed E-state index contributed by atoms with van der Waals surface area (Å²) >= 11 is 0. The Labute approximate surface area is 114 Å². The maximum atomic E-state index is 12.2. The van der Waals surface area contributed by atoms with E-state index in [2.05, 4.69) is 12.2 Å². The average Bonchev–Trinajstić information content (AvgIpc) is 2.39. The zero-order valence-corrected chi connectivity index (χ0v) is 11.7. The Balaban J connectivity index is 2.81. The van der Waals surface area contributed by atoms with Crippen LogP contribution in [0.5, 0.6) is 5.75 Å². The van der Waals surface area contributed by atoms with Gasteiger partial charge >= 0.3 is 0 Å². The largest absolute Gasteiger partial charge is 0.497 e. The minimum atomic E-state index is -0.202. The quantitative estimate of drug-likeness (QED) is 0.738. The number of rotatable bonds is 7. The molecule has 0 aliphatic carbocycles. The Morgan fingerprint density at radius 1 is 1.42 bits per heavy atom. The normalized spacial score (nSPS) is 11.9. The number of benzene rings is 1. The molecule has 0 saturated carbocycles. The third-order valence-corrected chi connectivity index (χ3v) is 2.85. The molecule has 1 unspecified atom stereocenters. The fourth-order valence-electron chi connectivity index (χ4n) is 1.87. The molecule has 3 N–H and O–H groups in total. The van der Waals surface area contributed by atoms with E-state index in [1.54, 1.807) is 32.4 Å². The number of carbonyl (C=O) groups is 1. The highest BCUT2D eigenvalue weighted by Crippen LogP contribution is 2.19. The van der Waals surface area contributed by atoms with E-state index in [0.29, 0.717) is 23.6 Å². The molecule has 5 nitrogen and oxygen atoms in total. The molecule has 0 aliphatic rings. The van der Waals surface area contributed by atoms with Gasteiger partial charge in [0.2, 0.25) is 0 Å². The topological polar surface area (TPSA) is 73.6 Å². The number of amides is 1. The number of nitrogen functional groups attached to an aromatic ring is 1. The van der Waals surface area contributed by atoms with Gasteiger partial charge in [-0.15, -0.1) is 0 Å². The summed E-state index contributed by atoms with van der Waals surface area (Å²) < 4.78 is 10.2. The van der Waals surface area contributed by atoms with Crippen LogP contribution in [0.4, 0.5) is 5.69 Å². The zero-order valence-electron chi connectivity index (χ0n) is 11.7. The number of anilines is 1. The molecule has 0 spiro atoms. The van der Waals surface area contributed by atoms with Crippen molar-refractivity contribution in [1.82, 2.24) is 5.32 Å². The first-order chi connectivity index (χ1) is 9.12. The summed E-state index contributed by atoms with van der Waals surface area (Å²) in [5.74, 6) is 0.407. The van der Waals surface area contributed by atoms with Crippen LogP contribution in [0.3, 0.4) is 0 Å². The average molecular weight is 266 g/mol. The lowest BCUT2D eigenvalue weighted by molar-refractivity contribution is 0.0892. The molecule has 0 heterocycles. The molecule has 19 heavy (non-hydrogen) atoms. The fourth-order valence-corrected chi connectivity index (χ4v) is 1.87. The van der Waals surface area contributed by atoms with Gasteiger partial charge in [-0.2, -0.15) is 0 Å². The van der Waals surface area contributed by atoms with Gasteiger partial charge in [0.1, 0.15) is 5.75 Å². The van der Waals surface area contributed by atoms with Crippen LogP contribution in [0.15, 0.2) is 18.2 Å². The molecule has 0 fully saturated rings. The van der Waals surface area contributed by atoms with E-state index in [9.17, 15) is 4.79 Å². The Hall–Kier alpha value is -1.75. The van der Waals surface area contributed by atoms with Gasteiger partial charge in [0.25, 0.3) is 5.91 Å². The molecule has 1 atom stereocenters. The molecule has 5 heteroatoms. The van der Waals surface area contributed by atoms with E-state index in [-0.39, 0.29) is 11.9 Å². The van der Waals surface area contributed by atoms with Crippen LogP contribution >= 0.6 is 0 Å². The van der Waals surface area contributed by atoms with E-state index in [4.69, 9.17) is 15.2 Å². The zero-order chi connectivity index (χ0) is 14.3.